The SMILES string of the molecule is COc1ccccc1CN(C)CC1(CN)CCC(C)CC1. The van der Waals surface area contributed by atoms with E-state index in [4.69, 9.17) is 10.5 Å². The minimum absolute atomic E-state index is 0.309. The van der Waals surface area contributed by atoms with Crippen molar-refractivity contribution >= 4 is 0 Å². The van der Waals surface area contributed by atoms with Gasteiger partial charge in [0.2, 0.25) is 0 Å². The van der Waals surface area contributed by atoms with Crippen molar-refractivity contribution in [3.8, 4) is 5.75 Å². The van der Waals surface area contributed by atoms with Crippen LogP contribution in [0.2, 0.25) is 0 Å². The predicted molar refractivity (Wildman–Crippen MR) is 88.4 cm³/mol. The van der Waals surface area contributed by atoms with Gasteiger partial charge < -0.3 is 15.4 Å². The first-order valence-corrected chi connectivity index (χ1v) is 8.09. The summed E-state index contributed by atoms with van der Waals surface area (Å²) in [5.41, 5.74) is 7.69. The summed E-state index contributed by atoms with van der Waals surface area (Å²) < 4.78 is 5.45. The van der Waals surface area contributed by atoms with Gasteiger partial charge in [-0.2, -0.15) is 0 Å². The van der Waals surface area contributed by atoms with Gasteiger partial charge in [0.05, 0.1) is 7.11 Å². The highest BCUT2D eigenvalue weighted by molar-refractivity contribution is 5.33. The van der Waals surface area contributed by atoms with Crippen LogP contribution in [0, 0.1) is 11.3 Å². The normalized spacial score (nSPS) is 26.0. The number of hydrogen-bond acceptors (Lipinski definition) is 3. The lowest BCUT2D eigenvalue weighted by atomic mass is 9.70. The Kier molecular flexibility index (Phi) is 5.65. The van der Waals surface area contributed by atoms with Gasteiger partial charge in [0.15, 0.2) is 0 Å². The van der Waals surface area contributed by atoms with E-state index < -0.39 is 0 Å². The molecule has 0 aromatic heterocycles. The second-order valence-electron chi connectivity index (χ2n) is 6.87. The van der Waals surface area contributed by atoms with Crippen molar-refractivity contribution in [2.45, 2.75) is 39.2 Å². The van der Waals surface area contributed by atoms with Crippen LogP contribution < -0.4 is 10.5 Å². The van der Waals surface area contributed by atoms with Crippen LogP contribution in [0.4, 0.5) is 0 Å². The number of nitrogens with two attached hydrogens (primary N) is 1. The van der Waals surface area contributed by atoms with E-state index in [9.17, 15) is 0 Å². The van der Waals surface area contributed by atoms with E-state index in [1.54, 1.807) is 7.11 Å². The van der Waals surface area contributed by atoms with Crippen LogP contribution >= 0.6 is 0 Å². The second kappa shape index (κ2) is 7.28. The highest BCUT2D eigenvalue weighted by atomic mass is 16.5. The molecule has 1 aromatic carbocycles. The first-order chi connectivity index (χ1) is 10.1. The van der Waals surface area contributed by atoms with Crippen molar-refractivity contribution in [3.63, 3.8) is 0 Å². The molecular formula is C18H30N2O. The van der Waals surface area contributed by atoms with Crippen molar-refractivity contribution in [1.82, 2.24) is 4.90 Å². The van der Waals surface area contributed by atoms with Gasteiger partial charge in [-0.1, -0.05) is 38.0 Å². The van der Waals surface area contributed by atoms with E-state index in [-0.39, 0.29) is 0 Å². The summed E-state index contributed by atoms with van der Waals surface area (Å²) in [7, 11) is 3.94. The van der Waals surface area contributed by atoms with Crippen molar-refractivity contribution < 1.29 is 4.74 Å². The standard InChI is InChI=1S/C18H30N2O/c1-15-8-10-18(13-19,11-9-15)14-20(2)12-16-6-4-5-7-17(16)21-3/h4-7,15H,8-14,19H2,1-3H3. The number of benzene rings is 1. The fraction of sp³-hybridized carbons (Fsp3) is 0.667. The van der Waals surface area contributed by atoms with Crippen LogP contribution in [0.3, 0.4) is 0 Å². The van der Waals surface area contributed by atoms with Crippen LogP contribution in [-0.2, 0) is 6.54 Å². The first kappa shape index (κ1) is 16.3. The molecule has 0 aliphatic heterocycles. The second-order valence-corrected chi connectivity index (χ2v) is 6.87. The summed E-state index contributed by atoms with van der Waals surface area (Å²) >= 11 is 0. The predicted octanol–water partition coefficient (Wildman–Crippen LogP) is 3.28. The summed E-state index contributed by atoms with van der Waals surface area (Å²) in [6.45, 7) is 5.16. The topological polar surface area (TPSA) is 38.5 Å². The van der Waals surface area contributed by atoms with Crippen molar-refractivity contribution in [3.05, 3.63) is 29.8 Å². The molecule has 1 saturated carbocycles. The minimum atomic E-state index is 0.309. The van der Waals surface area contributed by atoms with Gasteiger partial charge in [0.1, 0.15) is 5.75 Å². The number of ether oxygens (including phenoxy) is 1. The molecule has 0 saturated heterocycles. The van der Waals surface area contributed by atoms with Crippen molar-refractivity contribution in [2.24, 2.45) is 17.1 Å². The average molecular weight is 290 g/mol. The largest absolute Gasteiger partial charge is 0.496 e. The van der Waals surface area contributed by atoms with E-state index in [0.717, 1.165) is 31.3 Å². The Bertz CT molecular complexity index is 439. The highest BCUT2D eigenvalue weighted by Gasteiger charge is 2.33. The molecule has 1 fully saturated rings. The summed E-state index contributed by atoms with van der Waals surface area (Å²) in [5, 5.41) is 0. The molecule has 0 bridgehead atoms. The fourth-order valence-electron chi connectivity index (χ4n) is 3.55. The van der Waals surface area contributed by atoms with Crippen LogP contribution in [0.5, 0.6) is 5.75 Å². The number of methoxy groups -OCH3 is 1. The van der Waals surface area contributed by atoms with E-state index in [1.807, 2.05) is 12.1 Å². The summed E-state index contributed by atoms with van der Waals surface area (Å²) in [4.78, 5) is 2.40. The number of nitrogens with zero attached hydrogens (tertiary/aromatic N) is 1. The number of rotatable bonds is 6. The quantitative estimate of drug-likeness (QED) is 0.874. The van der Waals surface area contributed by atoms with Crippen LogP contribution in [0.25, 0.3) is 0 Å². The maximum absolute atomic E-state index is 6.13. The van der Waals surface area contributed by atoms with Gasteiger partial charge >= 0.3 is 0 Å². The number of para-hydroxylation sites is 1. The molecule has 3 nitrogen and oxygen atoms in total. The zero-order valence-corrected chi connectivity index (χ0v) is 13.8. The monoisotopic (exact) mass is 290 g/mol. The third-order valence-corrected chi connectivity index (χ3v) is 5.01. The smallest absolute Gasteiger partial charge is 0.123 e. The Labute approximate surface area is 129 Å². The Balaban J connectivity index is 1.98. The zero-order valence-electron chi connectivity index (χ0n) is 13.8. The molecule has 0 radical (unpaired) electrons. The van der Waals surface area contributed by atoms with Gasteiger partial charge in [0, 0.05) is 18.7 Å². The van der Waals surface area contributed by atoms with Gasteiger partial charge in [-0.05, 0) is 43.8 Å². The summed E-state index contributed by atoms with van der Waals surface area (Å²) in [6.07, 6.45) is 5.17. The van der Waals surface area contributed by atoms with E-state index >= 15 is 0 Å². The molecule has 1 aliphatic rings. The Morgan fingerprint density at radius 1 is 1.29 bits per heavy atom. The molecule has 1 aliphatic carbocycles. The van der Waals surface area contributed by atoms with Gasteiger partial charge in [-0.3, -0.25) is 0 Å². The van der Waals surface area contributed by atoms with Gasteiger partial charge in [-0.15, -0.1) is 0 Å². The highest BCUT2D eigenvalue weighted by Crippen LogP contribution is 2.38. The van der Waals surface area contributed by atoms with Gasteiger partial charge in [-0.25, -0.2) is 0 Å². The van der Waals surface area contributed by atoms with Gasteiger partial charge in [0.25, 0.3) is 0 Å². The Morgan fingerprint density at radius 3 is 2.57 bits per heavy atom. The van der Waals surface area contributed by atoms with E-state index in [0.29, 0.717) is 5.41 Å². The number of hydrogen-bond donors (Lipinski definition) is 1. The van der Waals surface area contributed by atoms with E-state index in [1.165, 1.54) is 31.2 Å². The molecule has 21 heavy (non-hydrogen) atoms. The molecule has 2 N–H and O–H groups in total. The molecule has 0 amide bonds. The third-order valence-electron chi connectivity index (χ3n) is 5.01. The summed E-state index contributed by atoms with van der Waals surface area (Å²) in [6, 6.07) is 8.27. The molecule has 2 rings (SSSR count). The summed E-state index contributed by atoms with van der Waals surface area (Å²) in [5.74, 6) is 1.84. The van der Waals surface area contributed by atoms with Crippen LogP contribution in [0.15, 0.2) is 24.3 Å². The molecule has 0 unspecified atom stereocenters. The van der Waals surface area contributed by atoms with Crippen molar-refractivity contribution in [2.75, 3.05) is 27.2 Å². The van der Waals surface area contributed by atoms with E-state index in [2.05, 4.69) is 31.0 Å². The molecule has 0 atom stereocenters. The van der Waals surface area contributed by atoms with Crippen LogP contribution in [0.1, 0.15) is 38.2 Å². The Morgan fingerprint density at radius 2 is 1.95 bits per heavy atom. The van der Waals surface area contributed by atoms with Crippen molar-refractivity contribution in [1.29, 1.82) is 0 Å². The minimum Gasteiger partial charge on any atom is -0.496 e. The molecule has 1 aromatic rings. The average Bonchev–Trinajstić information content (AvgIpc) is 2.50. The molecular weight excluding hydrogens is 260 g/mol. The lowest BCUT2D eigenvalue weighted by Gasteiger charge is -2.41. The zero-order chi connectivity index (χ0) is 15.3. The maximum Gasteiger partial charge on any atom is 0.123 e. The first-order valence-electron chi connectivity index (χ1n) is 8.09. The molecule has 118 valence electrons. The lowest BCUT2D eigenvalue weighted by molar-refractivity contribution is 0.105. The Hall–Kier alpha value is -1.06. The molecule has 3 heteroatoms. The molecule has 0 heterocycles. The lowest BCUT2D eigenvalue weighted by Crippen LogP contribution is -2.43. The molecule has 0 spiro atoms. The third kappa shape index (κ3) is 4.21. The fourth-order valence-corrected chi connectivity index (χ4v) is 3.55. The maximum atomic E-state index is 6.13. The van der Waals surface area contributed by atoms with Crippen LogP contribution in [-0.4, -0.2) is 32.1 Å².